The van der Waals surface area contributed by atoms with Gasteiger partial charge in [-0.25, -0.2) is 5.01 Å². The van der Waals surface area contributed by atoms with Crippen LogP contribution >= 0.6 is 0 Å². The molecule has 0 fully saturated rings. The van der Waals surface area contributed by atoms with Crippen molar-refractivity contribution in [3.63, 3.8) is 0 Å². The molecule has 0 radical (unpaired) electrons. The Kier molecular flexibility index (Phi) is 8.72. The van der Waals surface area contributed by atoms with E-state index in [1.807, 2.05) is 43.3 Å². The molecule has 6 heteroatoms. The van der Waals surface area contributed by atoms with Gasteiger partial charge in [0.1, 0.15) is 6.54 Å². The number of anilines is 1. The van der Waals surface area contributed by atoms with E-state index >= 15 is 0 Å². The Morgan fingerprint density at radius 2 is 1.78 bits per heavy atom. The van der Waals surface area contributed by atoms with E-state index in [-0.39, 0.29) is 24.8 Å². The zero-order valence-electron chi connectivity index (χ0n) is 19.1. The second-order valence-electron chi connectivity index (χ2n) is 8.16. The molecule has 2 amide bonds. The normalized spacial score (nSPS) is 13.4. The quantitative estimate of drug-likeness (QED) is 0.527. The van der Waals surface area contributed by atoms with Gasteiger partial charge in [0.15, 0.2) is 0 Å². The Balaban J connectivity index is 1.45. The van der Waals surface area contributed by atoms with Gasteiger partial charge in [-0.05, 0) is 43.5 Å². The predicted molar refractivity (Wildman–Crippen MR) is 130 cm³/mol. The first-order chi connectivity index (χ1) is 15.6. The van der Waals surface area contributed by atoms with Crippen molar-refractivity contribution in [1.29, 1.82) is 0 Å². The Hall–Kier alpha value is -3.28. The van der Waals surface area contributed by atoms with E-state index < -0.39 is 0 Å². The van der Waals surface area contributed by atoms with Crippen molar-refractivity contribution in [2.24, 2.45) is 0 Å². The van der Waals surface area contributed by atoms with Gasteiger partial charge in [0, 0.05) is 31.7 Å². The highest BCUT2D eigenvalue weighted by Gasteiger charge is 2.22. The minimum Gasteiger partial charge on any atom is -0.371 e. The Morgan fingerprint density at radius 1 is 1.06 bits per heavy atom. The lowest BCUT2D eigenvalue weighted by molar-refractivity contribution is -0.137. The van der Waals surface area contributed by atoms with E-state index in [1.165, 1.54) is 16.3 Å². The van der Waals surface area contributed by atoms with Crippen LogP contribution in [0, 0.1) is 6.92 Å². The summed E-state index contributed by atoms with van der Waals surface area (Å²) in [5.74, 6) is -0.262. The van der Waals surface area contributed by atoms with Gasteiger partial charge >= 0.3 is 0 Å². The summed E-state index contributed by atoms with van der Waals surface area (Å²) in [4.78, 5) is 27.1. The number of hydrogen-bond donors (Lipinski definition) is 2. The maximum Gasteiger partial charge on any atom is 0.245 e. The highest BCUT2D eigenvalue weighted by Crippen LogP contribution is 2.18. The van der Waals surface area contributed by atoms with Crippen LogP contribution in [-0.4, -0.2) is 43.0 Å². The van der Waals surface area contributed by atoms with Crippen LogP contribution in [0.3, 0.4) is 0 Å². The molecule has 0 unspecified atom stereocenters. The largest absolute Gasteiger partial charge is 0.371 e. The monoisotopic (exact) mass is 434 g/mol. The molecule has 0 saturated carbocycles. The van der Waals surface area contributed by atoms with E-state index in [2.05, 4.69) is 46.8 Å². The number of aryl methyl sites for hydroxylation is 1. The van der Waals surface area contributed by atoms with Crippen molar-refractivity contribution in [1.82, 2.24) is 15.8 Å². The van der Waals surface area contributed by atoms with Crippen molar-refractivity contribution < 1.29 is 9.59 Å². The molecule has 0 aliphatic carbocycles. The number of para-hydroxylation sites is 1. The molecule has 2 N–H and O–H groups in total. The van der Waals surface area contributed by atoms with Crippen molar-refractivity contribution in [3.05, 3.63) is 71.8 Å². The van der Waals surface area contributed by atoms with Gasteiger partial charge in [-0.3, -0.25) is 15.0 Å². The molecule has 3 rings (SSSR count). The van der Waals surface area contributed by atoms with Crippen molar-refractivity contribution in [2.45, 2.75) is 39.5 Å². The summed E-state index contributed by atoms with van der Waals surface area (Å²) in [6.45, 7) is 6.70. The van der Waals surface area contributed by atoms with Crippen LogP contribution in [0.1, 0.15) is 43.7 Å². The average Bonchev–Trinajstić information content (AvgIpc) is 2.81. The number of nitrogens with one attached hydrogen (secondary N) is 2. The lowest BCUT2D eigenvalue weighted by atomic mass is 10.1. The topological polar surface area (TPSA) is 64.7 Å². The molecule has 170 valence electrons. The van der Waals surface area contributed by atoms with Gasteiger partial charge in [0.2, 0.25) is 11.8 Å². The fraction of sp³-hybridized carbons (Fsp3) is 0.385. The van der Waals surface area contributed by atoms with Crippen LogP contribution in [0.4, 0.5) is 5.69 Å². The number of hydrogen-bond acceptors (Lipinski definition) is 4. The summed E-state index contributed by atoms with van der Waals surface area (Å²) in [5.41, 5.74) is 7.35. The number of amides is 2. The standard InChI is InChI=1S/C26H34N4O2/c1-3-4-18-29(23-9-6-5-7-10-23)19-8-17-27-25(31)20-30-26(32)16-15-24(28-30)22-13-11-21(2)12-14-22/h5-7,9-15,28H,3-4,8,16-20H2,1-2H3,(H,27,31). The minimum absolute atomic E-state index is 0.000267. The predicted octanol–water partition coefficient (Wildman–Crippen LogP) is 3.89. The van der Waals surface area contributed by atoms with Crippen molar-refractivity contribution in [2.75, 3.05) is 31.1 Å². The van der Waals surface area contributed by atoms with E-state index in [0.29, 0.717) is 6.54 Å². The third-order valence-corrected chi connectivity index (χ3v) is 5.53. The molecule has 1 aliphatic heterocycles. The second-order valence-corrected chi connectivity index (χ2v) is 8.16. The number of benzene rings is 2. The molecule has 0 atom stereocenters. The minimum atomic E-state index is -0.157. The number of hydrazine groups is 1. The summed E-state index contributed by atoms with van der Waals surface area (Å²) in [6, 6.07) is 18.5. The Bertz CT molecular complexity index is 909. The molecule has 1 heterocycles. The van der Waals surface area contributed by atoms with Crippen molar-refractivity contribution >= 4 is 23.2 Å². The number of rotatable bonds is 11. The maximum atomic E-state index is 12.5. The number of nitrogens with zero attached hydrogens (tertiary/aromatic N) is 2. The molecule has 1 aliphatic rings. The molecule has 0 bridgehead atoms. The van der Waals surface area contributed by atoms with Crippen LogP contribution in [0.5, 0.6) is 0 Å². The smallest absolute Gasteiger partial charge is 0.245 e. The molecular formula is C26H34N4O2. The van der Waals surface area contributed by atoms with E-state index in [9.17, 15) is 9.59 Å². The number of carbonyl (C=O) groups excluding carboxylic acids is 2. The van der Waals surface area contributed by atoms with Gasteiger partial charge in [-0.15, -0.1) is 0 Å². The average molecular weight is 435 g/mol. The van der Waals surface area contributed by atoms with Crippen LogP contribution < -0.4 is 15.6 Å². The Labute approximate surface area is 191 Å². The summed E-state index contributed by atoms with van der Waals surface area (Å²) in [6.07, 6.45) is 5.29. The third-order valence-electron chi connectivity index (χ3n) is 5.53. The van der Waals surface area contributed by atoms with Crippen LogP contribution in [0.2, 0.25) is 0 Å². The van der Waals surface area contributed by atoms with E-state index in [0.717, 1.165) is 43.6 Å². The molecule has 2 aromatic rings. The Morgan fingerprint density at radius 3 is 2.50 bits per heavy atom. The van der Waals surface area contributed by atoms with Crippen molar-refractivity contribution in [3.8, 4) is 0 Å². The number of carbonyl (C=O) groups is 2. The first-order valence-corrected chi connectivity index (χ1v) is 11.5. The third kappa shape index (κ3) is 6.87. The number of unbranched alkanes of at least 4 members (excludes halogenated alkanes) is 1. The zero-order valence-corrected chi connectivity index (χ0v) is 19.1. The second kappa shape index (κ2) is 11.9. The first-order valence-electron chi connectivity index (χ1n) is 11.5. The summed E-state index contributed by atoms with van der Waals surface area (Å²) in [7, 11) is 0. The molecule has 0 spiro atoms. The molecule has 0 saturated heterocycles. The summed E-state index contributed by atoms with van der Waals surface area (Å²) >= 11 is 0. The lowest BCUT2D eigenvalue weighted by Gasteiger charge is -2.29. The van der Waals surface area contributed by atoms with Crippen LogP contribution in [-0.2, 0) is 9.59 Å². The fourth-order valence-corrected chi connectivity index (χ4v) is 3.65. The van der Waals surface area contributed by atoms with Gasteiger partial charge in [-0.1, -0.05) is 61.4 Å². The molecule has 2 aromatic carbocycles. The van der Waals surface area contributed by atoms with Crippen LogP contribution in [0.25, 0.3) is 5.70 Å². The molecular weight excluding hydrogens is 400 g/mol. The van der Waals surface area contributed by atoms with Gasteiger partial charge in [-0.2, -0.15) is 0 Å². The van der Waals surface area contributed by atoms with Gasteiger partial charge in [0.25, 0.3) is 0 Å². The SMILES string of the molecule is CCCCN(CCCNC(=O)CN1NC(c2ccc(C)cc2)=CCC1=O)c1ccccc1. The van der Waals surface area contributed by atoms with E-state index in [4.69, 9.17) is 0 Å². The van der Waals surface area contributed by atoms with Crippen LogP contribution in [0.15, 0.2) is 60.7 Å². The summed E-state index contributed by atoms with van der Waals surface area (Å²) in [5, 5.41) is 4.36. The van der Waals surface area contributed by atoms with Gasteiger partial charge in [0.05, 0.1) is 5.70 Å². The molecule has 0 aromatic heterocycles. The highest BCUT2D eigenvalue weighted by atomic mass is 16.2. The summed E-state index contributed by atoms with van der Waals surface area (Å²) < 4.78 is 0. The van der Waals surface area contributed by atoms with Gasteiger partial charge < -0.3 is 10.2 Å². The molecule has 6 nitrogen and oxygen atoms in total. The van der Waals surface area contributed by atoms with E-state index in [1.54, 1.807) is 0 Å². The maximum absolute atomic E-state index is 12.5. The highest BCUT2D eigenvalue weighted by molar-refractivity contribution is 5.88. The zero-order chi connectivity index (χ0) is 22.8. The first kappa shape index (κ1) is 23.4. The lowest BCUT2D eigenvalue weighted by Crippen LogP contribution is -2.49. The molecule has 32 heavy (non-hydrogen) atoms. The fourth-order valence-electron chi connectivity index (χ4n) is 3.65.